The summed E-state index contributed by atoms with van der Waals surface area (Å²) in [5, 5.41) is 3.45. The van der Waals surface area contributed by atoms with Gasteiger partial charge in [0.2, 0.25) is 5.91 Å². The van der Waals surface area contributed by atoms with Gasteiger partial charge in [0.1, 0.15) is 5.75 Å². The summed E-state index contributed by atoms with van der Waals surface area (Å²) < 4.78 is 12.2. The summed E-state index contributed by atoms with van der Waals surface area (Å²) in [4.78, 5) is 14.1. The van der Waals surface area contributed by atoms with Gasteiger partial charge in [-0.15, -0.1) is 0 Å². The maximum atomic E-state index is 11.6. The normalized spacial score (nSPS) is 20.4. The summed E-state index contributed by atoms with van der Waals surface area (Å²) in [6.45, 7) is 7.27. The second-order valence-electron chi connectivity index (χ2n) is 7.90. The van der Waals surface area contributed by atoms with Crippen molar-refractivity contribution in [3.8, 4) is 5.75 Å². The maximum Gasteiger partial charge on any atom is 0.248 e. The number of rotatable bonds is 7. The number of fused-ring (bicyclic) bond motifs is 1. The lowest BCUT2D eigenvalue weighted by Gasteiger charge is -2.38. The van der Waals surface area contributed by atoms with Crippen LogP contribution in [0.3, 0.4) is 0 Å². The fourth-order valence-electron chi connectivity index (χ4n) is 4.60. The maximum absolute atomic E-state index is 11.6. The molecule has 0 aromatic heterocycles. The van der Waals surface area contributed by atoms with E-state index in [9.17, 15) is 4.79 Å². The molecule has 0 saturated carbocycles. The van der Waals surface area contributed by atoms with E-state index in [1.807, 2.05) is 31.2 Å². The van der Waals surface area contributed by atoms with Gasteiger partial charge >= 0.3 is 0 Å². The topological polar surface area (TPSA) is 76.8 Å². The highest BCUT2D eigenvalue weighted by molar-refractivity contribution is 5.93. The highest BCUT2D eigenvalue weighted by atomic mass is 16.5. The number of hydrogen-bond acceptors (Lipinski definition) is 5. The molecule has 3 N–H and O–H groups in total. The zero-order valence-corrected chi connectivity index (χ0v) is 17.6. The van der Waals surface area contributed by atoms with E-state index in [1.165, 1.54) is 16.7 Å². The van der Waals surface area contributed by atoms with Gasteiger partial charge in [-0.05, 0) is 49.1 Å². The van der Waals surface area contributed by atoms with Gasteiger partial charge in [0.05, 0.1) is 19.3 Å². The zero-order valence-electron chi connectivity index (χ0n) is 17.6. The number of nitrogens with two attached hydrogens (primary N) is 1. The average molecular weight is 410 g/mol. The Morgan fingerprint density at radius 2 is 2.07 bits per heavy atom. The molecule has 30 heavy (non-hydrogen) atoms. The van der Waals surface area contributed by atoms with Gasteiger partial charge in [-0.25, -0.2) is 0 Å². The van der Waals surface area contributed by atoms with Crippen LogP contribution in [0, 0.1) is 0 Å². The standard InChI is InChI=1S/C24H31N3O3/c1-2-29-22-6-4-3-5-20(22)21(27-12-10-26-11-13-27)16-23-19-8-7-18(24(25)28)15-17(19)9-14-30-23/h3-8,15,21,23,26H,2,9-14,16H2,1H3,(H2,25,28). The monoisotopic (exact) mass is 409 g/mol. The Balaban J connectivity index is 1.66. The van der Waals surface area contributed by atoms with Crippen LogP contribution in [0.1, 0.15) is 52.5 Å². The number of carbonyl (C=O) groups excluding carboxylic acids is 1. The molecular weight excluding hydrogens is 378 g/mol. The largest absolute Gasteiger partial charge is 0.494 e. The number of nitrogens with one attached hydrogen (secondary N) is 1. The van der Waals surface area contributed by atoms with Crippen LogP contribution in [0.25, 0.3) is 0 Å². The van der Waals surface area contributed by atoms with Gasteiger partial charge in [0.25, 0.3) is 0 Å². The molecule has 0 radical (unpaired) electrons. The Kier molecular flexibility index (Phi) is 6.67. The lowest BCUT2D eigenvalue weighted by atomic mass is 9.89. The van der Waals surface area contributed by atoms with Crippen molar-refractivity contribution < 1.29 is 14.3 Å². The van der Waals surface area contributed by atoms with Crippen LogP contribution in [-0.2, 0) is 11.2 Å². The second-order valence-corrected chi connectivity index (χ2v) is 7.90. The number of carbonyl (C=O) groups is 1. The summed E-state index contributed by atoms with van der Waals surface area (Å²) in [7, 11) is 0. The molecular formula is C24H31N3O3. The Morgan fingerprint density at radius 3 is 2.83 bits per heavy atom. The van der Waals surface area contributed by atoms with Crippen molar-refractivity contribution in [2.24, 2.45) is 5.73 Å². The fourth-order valence-corrected chi connectivity index (χ4v) is 4.60. The summed E-state index contributed by atoms with van der Waals surface area (Å²) in [5.41, 5.74) is 9.60. The lowest BCUT2D eigenvalue weighted by molar-refractivity contribution is 0.0115. The third-order valence-electron chi connectivity index (χ3n) is 6.07. The molecule has 2 aromatic rings. The number of para-hydroxylation sites is 1. The Bertz CT molecular complexity index is 880. The smallest absolute Gasteiger partial charge is 0.248 e. The van der Waals surface area contributed by atoms with E-state index in [-0.39, 0.29) is 18.1 Å². The molecule has 6 nitrogen and oxygen atoms in total. The Hall–Kier alpha value is -2.41. The van der Waals surface area contributed by atoms with Crippen molar-refractivity contribution in [3.63, 3.8) is 0 Å². The molecule has 0 bridgehead atoms. The first-order valence-electron chi connectivity index (χ1n) is 10.9. The SMILES string of the molecule is CCOc1ccccc1C(CC1OCCc2cc(C(N)=O)ccc21)N1CCNCC1. The van der Waals surface area contributed by atoms with Crippen LogP contribution >= 0.6 is 0 Å². The highest BCUT2D eigenvalue weighted by Gasteiger charge is 2.31. The number of hydrogen-bond donors (Lipinski definition) is 2. The first-order valence-corrected chi connectivity index (χ1v) is 10.9. The van der Waals surface area contributed by atoms with Gasteiger partial charge in [0.15, 0.2) is 0 Å². The molecule has 160 valence electrons. The van der Waals surface area contributed by atoms with Crippen LogP contribution < -0.4 is 15.8 Å². The third-order valence-corrected chi connectivity index (χ3v) is 6.07. The Labute approximate surface area is 178 Å². The van der Waals surface area contributed by atoms with Crippen molar-refractivity contribution in [1.82, 2.24) is 10.2 Å². The van der Waals surface area contributed by atoms with Crippen LogP contribution in [0.2, 0.25) is 0 Å². The van der Waals surface area contributed by atoms with Crippen LogP contribution in [0.15, 0.2) is 42.5 Å². The van der Waals surface area contributed by atoms with Gasteiger partial charge < -0.3 is 20.5 Å². The van der Waals surface area contributed by atoms with E-state index in [0.29, 0.717) is 18.8 Å². The predicted molar refractivity (Wildman–Crippen MR) is 117 cm³/mol. The van der Waals surface area contributed by atoms with Gasteiger partial charge in [0, 0.05) is 43.3 Å². The number of benzene rings is 2. The molecule has 2 atom stereocenters. The molecule has 2 heterocycles. The number of piperazine rings is 1. The van der Waals surface area contributed by atoms with E-state index in [0.717, 1.165) is 44.8 Å². The third kappa shape index (κ3) is 4.51. The molecule has 4 rings (SSSR count). The van der Waals surface area contributed by atoms with E-state index < -0.39 is 0 Å². The number of nitrogens with zero attached hydrogens (tertiary/aromatic N) is 1. The van der Waals surface area contributed by atoms with Crippen LogP contribution in [0.5, 0.6) is 5.75 Å². The lowest BCUT2D eigenvalue weighted by Crippen LogP contribution is -2.45. The average Bonchev–Trinajstić information content (AvgIpc) is 2.78. The second kappa shape index (κ2) is 9.60. The number of primary amides is 1. The minimum Gasteiger partial charge on any atom is -0.494 e. The van der Waals surface area contributed by atoms with Crippen molar-refractivity contribution in [1.29, 1.82) is 0 Å². The summed E-state index contributed by atoms with van der Waals surface area (Å²) in [5.74, 6) is 0.564. The Morgan fingerprint density at radius 1 is 1.27 bits per heavy atom. The predicted octanol–water partition coefficient (Wildman–Crippen LogP) is 2.83. The molecule has 0 spiro atoms. The highest BCUT2D eigenvalue weighted by Crippen LogP contribution is 2.40. The first kappa shape index (κ1) is 20.8. The molecule has 2 aliphatic rings. The molecule has 2 unspecified atom stereocenters. The van der Waals surface area contributed by atoms with E-state index >= 15 is 0 Å². The van der Waals surface area contributed by atoms with Gasteiger partial charge in [-0.3, -0.25) is 9.69 Å². The zero-order chi connectivity index (χ0) is 20.9. The van der Waals surface area contributed by atoms with E-state index in [2.05, 4.69) is 28.4 Å². The quantitative estimate of drug-likeness (QED) is 0.735. The van der Waals surface area contributed by atoms with Gasteiger partial charge in [-0.1, -0.05) is 24.3 Å². The van der Waals surface area contributed by atoms with Crippen LogP contribution in [-0.4, -0.2) is 50.2 Å². The van der Waals surface area contributed by atoms with Crippen molar-refractivity contribution in [3.05, 3.63) is 64.7 Å². The van der Waals surface area contributed by atoms with E-state index in [4.69, 9.17) is 15.2 Å². The minimum absolute atomic E-state index is 0.0229. The summed E-state index contributed by atoms with van der Waals surface area (Å²) in [6.07, 6.45) is 1.62. The van der Waals surface area contributed by atoms with Crippen molar-refractivity contribution in [2.75, 3.05) is 39.4 Å². The summed E-state index contributed by atoms with van der Waals surface area (Å²) in [6, 6.07) is 14.3. The molecule has 0 aliphatic carbocycles. The molecule has 1 amide bonds. The molecule has 1 fully saturated rings. The van der Waals surface area contributed by atoms with Crippen LogP contribution in [0.4, 0.5) is 0 Å². The minimum atomic E-state index is -0.384. The van der Waals surface area contributed by atoms with Gasteiger partial charge in [-0.2, -0.15) is 0 Å². The number of amides is 1. The molecule has 6 heteroatoms. The first-order chi connectivity index (χ1) is 14.7. The van der Waals surface area contributed by atoms with Crippen molar-refractivity contribution >= 4 is 5.91 Å². The molecule has 2 aromatic carbocycles. The molecule has 2 aliphatic heterocycles. The molecule has 1 saturated heterocycles. The van der Waals surface area contributed by atoms with Crippen molar-refractivity contribution in [2.45, 2.75) is 31.9 Å². The fraction of sp³-hybridized carbons (Fsp3) is 0.458. The number of ether oxygens (including phenoxy) is 2. The summed E-state index contributed by atoms with van der Waals surface area (Å²) >= 11 is 0. The van der Waals surface area contributed by atoms with E-state index in [1.54, 1.807) is 0 Å².